The lowest BCUT2D eigenvalue weighted by molar-refractivity contribution is -0.139. The first-order valence-corrected chi connectivity index (χ1v) is 7.44. The number of hydrogen-bond acceptors (Lipinski definition) is 4. The van der Waals surface area contributed by atoms with Crippen molar-refractivity contribution >= 4 is 5.97 Å². The number of carboxylic acids is 1. The van der Waals surface area contributed by atoms with Gasteiger partial charge >= 0.3 is 5.97 Å². The van der Waals surface area contributed by atoms with Crippen LogP contribution in [0.2, 0.25) is 0 Å². The van der Waals surface area contributed by atoms with Crippen LogP contribution in [0.25, 0.3) is 0 Å². The van der Waals surface area contributed by atoms with Gasteiger partial charge in [0.05, 0.1) is 6.42 Å². The van der Waals surface area contributed by atoms with Gasteiger partial charge in [0.25, 0.3) is 0 Å². The summed E-state index contributed by atoms with van der Waals surface area (Å²) < 4.78 is 5.80. The van der Waals surface area contributed by atoms with Gasteiger partial charge in [0.15, 0.2) is 0 Å². The van der Waals surface area contributed by atoms with Crippen molar-refractivity contribution in [2.24, 2.45) is 10.8 Å². The average molecular weight is 278 g/mol. The summed E-state index contributed by atoms with van der Waals surface area (Å²) in [5.74, 6) is 0.997. The minimum absolute atomic E-state index is 0.172. The predicted molar refractivity (Wildman–Crippen MR) is 72.3 cm³/mol. The van der Waals surface area contributed by atoms with Gasteiger partial charge in [-0.25, -0.2) is 0 Å². The van der Waals surface area contributed by atoms with E-state index in [1.807, 2.05) is 0 Å². The second kappa shape index (κ2) is 4.57. The molecule has 1 N–H and O–H groups in total. The number of rotatable bonds is 5. The van der Waals surface area contributed by atoms with Gasteiger partial charge in [-0.1, -0.05) is 26.7 Å². The topological polar surface area (TPSA) is 76.2 Å². The minimum atomic E-state index is -0.727. The lowest BCUT2D eigenvalue weighted by Gasteiger charge is -2.24. The fourth-order valence-electron chi connectivity index (χ4n) is 3.55. The van der Waals surface area contributed by atoms with E-state index >= 15 is 0 Å². The highest BCUT2D eigenvalue weighted by molar-refractivity contribution is 5.67. The van der Waals surface area contributed by atoms with E-state index < -0.39 is 5.97 Å². The summed E-state index contributed by atoms with van der Waals surface area (Å²) in [4.78, 5) is 11.1. The second-order valence-electron chi connectivity index (χ2n) is 7.23. The summed E-state index contributed by atoms with van der Waals surface area (Å²) in [5, 5.41) is 17.4. The van der Waals surface area contributed by atoms with Gasteiger partial charge < -0.3 is 9.52 Å². The molecule has 0 saturated heterocycles. The highest BCUT2D eigenvalue weighted by atomic mass is 16.4. The molecule has 5 nitrogen and oxygen atoms in total. The van der Waals surface area contributed by atoms with Crippen LogP contribution < -0.4 is 0 Å². The van der Waals surface area contributed by atoms with E-state index in [9.17, 15) is 4.79 Å². The Balaban J connectivity index is 1.71. The third-order valence-electron chi connectivity index (χ3n) is 5.01. The molecule has 110 valence electrons. The highest BCUT2D eigenvalue weighted by Crippen LogP contribution is 2.58. The quantitative estimate of drug-likeness (QED) is 0.895. The van der Waals surface area contributed by atoms with E-state index in [0.29, 0.717) is 18.2 Å². The minimum Gasteiger partial charge on any atom is -0.481 e. The van der Waals surface area contributed by atoms with E-state index in [1.165, 1.54) is 0 Å². The normalized spacial score (nSPS) is 26.6. The molecule has 1 unspecified atom stereocenters. The predicted octanol–water partition coefficient (Wildman–Crippen LogP) is 3.16. The molecule has 2 aliphatic carbocycles. The summed E-state index contributed by atoms with van der Waals surface area (Å²) in [6, 6.07) is 0. The van der Waals surface area contributed by atoms with Crippen LogP contribution in [0.4, 0.5) is 0 Å². The van der Waals surface area contributed by atoms with Crippen LogP contribution in [0.3, 0.4) is 0 Å². The lowest BCUT2D eigenvalue weighted by atomic mass is 9.79. The maximum absolute atomic E-state index is 11.1. The van der Waals surface area contributed by atoms with Crippen molar-refractivity contribution in [3.8, 4) is 0 Å². The average Bonchev–Trinajstić information content (AvgIpc) is 2.74. The van der Waals surface area contributed by atoms with Crippen LogP contribution in [-0.2, 0) is 11.2 Å². The van der Waals surface area contributed by atoms with E-state index in [4.69, 9.17) is 9.52 Å². The molecular weight excluding hydrogens is 256 g/mol. The van der Waals surface area contributed by atoms with Crippen LogP contribution in [0.5, 0.6) is 0 Å². The Labute approximate surface area is 118 Å². The molecule has 1 aromatic heterocycles. The Bertz CT molecular complexity index is 515. The largest absolute Gasteiger partial charge is 0.481 e. The zero-order chi connectivity index (χ0) is 14.4. The molecule has 0 aromatic carbocycles. The molecule has 2 saturated carbocycles. The molecule has 5 heteroatoms. The molecule has 0 amide bonds. The molecule has 3 rings (SSSR count). The van der Waals surface area contributed by atoms with E-state index in [1.54, 1.807) is 0 Å². The summed E-state index contributed by atoms with van der Waals surface area (Å²) in [7, 11) is 0. The van der Waals surface area contributed by atoms with Crippen molar-refractivity contribution in [2.75, 3.05) is 0 Å². The van der Waals surface area contributed by atoms with E-state index in [2.05, 4.69) is 24.0 Å². The van der Waals surface area contributed by atoms with Crippen LogP contribution in [0.1, 0.15) is 70.1 Å². The molecule has 1 atom stereocenters. The lowest BCUT2D eigenvalue weighted by Crippen LogP contribution is -2.24. The molecular formula is C15H22N2O3. The van der Waals surface area contributed by atoms with Crippen molar-refractivity contribution in [1.29, 1.82) is 0 Å². The number of carboxylic acid groups (broad SMARTS) is 1. The molecule has 0 bridgehead atoms. The summed E-state index contributed by atoms with van der Waals surface area (Å²) in [6.07, 6.45) is 6.01. The Morgan fingerprint density at radius 3 is 2.55 bits per heavy atom. The first-order valence-electron chi connectivity index (χ1n) is 7.44. The monoisotopic (exact) mass is 278 g/mol. The van der Waals surface area contributed by atoms with Crippen LogP contribution in [-0.4, -0.2) is 21.3 Å². The SMILES string of the molecule is CC1(C)CC1c1nnc(CC2(CC(=O)O)CCCC2)o1. The van der Waals surface area contributed by atoms with Crippen molar-refractivity contribution in [1.82, 2.24) is 10.2 Å². The summed E-state index contributed by atoms with van der Waals surface area (Å²) >= 11 is 0. The summed E-state index contributed by atoms with van der Waals surface area (Å²) in [5.41, 5.74) is 0.102. The third kappa shape index (κ3) is 2.58. The summed E-state index contributed by atoms with van der Waals surface area (Å²) in [6.45, 7) is 4.40. The number of nitrogens with zero attached hydrogens (tertiary/aromatic N) is 2. The highest BCUT2D eigenvalue weighted by Gasteiger charge is 2.50. The van der Waals surface area contributed by atoms with Crippen molar-refractivity contribution in [3.63, 3.8) is 0 Å². The van der Waals surface area contributed by atoms with Crippen LogP contribution >= 0.6 is 0 Å². The number of aliphatic carboxylic acids is 1. The van der Waals surface area contributed by atoms with Gasteiger partial charge in [-0.2, -0.15) is 0 Å². The maximum Gasteiger partial charge on any atom is 0.303 e. The molecule has 2 fully saturated rings. The smallest absolute Gasteiger partial charge is 0.303 e. The second-order valence-corrected chi connectivity index (χ2v) is 7.23. The maximum atomic E-state index is 11.1. The molecule has 0 radical (unpaired) electrons. The van der Waals surface area contributed by atoms with Crippen LogP contribution in [0.15, 0.2) is 4.42 Å². The number of aromatic nitrogens is 2. The van der Waals surface area contributed by atoms with Gasteiger partial charge in [-0.05, 0) is 30.1 Å². The Kier molecular flexibility index (Phi) is 3.10. The molecule has 20 heavy (non-hydrogen) atoms. The molecule has 0 aliphatic heterocycles. The molecule has 1 aromatic rings. The van der Waals surface area contributed by atoms with Gasteiger partial charge in [0.2, 0.25) is 11.8 Å². The van der Waals surface area contributed by atoms with Gasteiger partial charge in [0.1, 0.15) is 0 Å². The van der Waals surface area contributed by atoms with Crippen molar-refractivity contribution < 1.29 is 14.3 Å². The molecule has 1 heterocycles. The van der Waals surface area contributed by atoms with Crippen molar-refractivity contribution in [3.05, 3.63) is 11.8 Å². The first kappa shape index (κ1) is 13.6. The Morgan fingerprint density at radius 1 is 1.35 bits per heavy atom. The van der Waals surface area contributed by atoms with E-state index in [0.717, 1.165) is 38.0 Å². The van der Waals surface area contributed by atoms with Gasteiger partial charge in [-0.3, -0.25) is 4.79 Å². The number of carbonyl (C=O) groups is 1. The Morgan fingerprint density at radius 2 is 2.00 bits per heavy atom. The van der Waals surface area contributed by atoms with Crippen molar-refractivity contribution in [2.45, 2.75) is 64.7 Å². The van der Waals surface area contributed by atoms with Gasteiger partial charge in [0, 0.05) is 12.3 Å². The Hall–Kier alpha value is -1.39. The first-order chi connectivity index (χ1) is 9.40. The molecule has 0 spiro atoms. The standard InChI is InChI=1S/C15H22N2O3/c1-14(2)7-10(14)13-17-16-11(20-13)8-15(9-12(18)19)5-3-4-6-15/h10H,3-9H2,1-2H3,(H,18,19). The fourth-order valence-corrected chi connectivity index (χ4v) is 3.55. The fraction of sp³-hybridized carbons (Fsp3) is 0.800. The number of hydrogen-bond donors (Lipinski definition) is 1. The molecule has 2 aliphatic rings. The zero-order valence-corrected chi connectivity index (χ0v) is 12.2. The van der Waals surface area contributed by atoms with Gasteiger partial charge in [-0.15, -0.1) is 10.2 Å². The van der Waals surface area contributed by atoms with Crippen LogP contribution in [0, 0.1) is 10.8 Å². The zero-order valence-electron chi connectivity index (χ0n) is 12.2. The third-order valence-corrected chi connectivity index (χ3v) is 5.01. The van der Waals surface area contributed by atoms with E-state index in [-0.39, 0.29) is 17.3 Å².